The van der Waals surface area contributed by atoms with Crippen LogP contribution in [-0.2, 0) is 31.1 Å². The molecule has 1 atom stereocenters. The minimum absolute atomic E-state index is 0.281. The van der Waals surface area contributed by atoms with Crippen molar-refractivity contribution in [2.24, 2.45) is 13.0 Å². The van der Waals surface area contributed by atoms with Crippen LogP contribution in [0.3, 0.4) is 0 Å². The van der Waals surface area contributed by atoms with E-state index in [1.54, 1.807) is 11.3 Å². The number of hydrogen-bond acceptors (Lipinski definition) is 2. The van der Waals surface area contributed by atoms with E-state index in [0.717, 1.165) is 12.8 Å². The molecule has 0 saturated heterocycles. The van der Waals surface area contributed by atoms with Crippen LogP contribution in [0.15, 0.2) is 30.3 Å². The maximum atomic E-state index is 11.3. The fourth-order valence-corrected chi connectivity index (χ4v) is 5.17. The van der Waals surface area contributed by atoms with Gasteiger partial charge in [-0.05, 0) is 43.4 Å². The van der Waals surface area contributed by atoms with E-state index in [9.17, 15) is 9.90 Å². The Labute approximate surface area is 145 Å². The molecule has 124 valence electrons. The molecule has 0 saturated carbocycles. The first-order valence-electron chi connectivity index (χ1n) is 8.51. The van der Waals surface area contributed by atoms with Crippen molar-refractivity contribution in [3.05, 3.63) is 45.6 Å². The lowest BCUT2D eigenvalue weighted by atomic mass is 9.94. The highest BCUT2D eigenvalue weighted by Gasteiger charge is 2.26. The van der Waals surface area contributed by atoms with Crippen molar-refractivity contribution in [2.75, 3.05) is 0 Å². The minimum atomic E-state index is -0.686. The predicted molar refractivity (Wildman–Crippen MR) is 98.8 cm³/mol. The van der Waals surface area contributed by atoms with Gasteiger partial charge in [-0.25, -0.2) is 0 Å². The summed E-state index contributed by atoms with van der Waals surface area (Å²) in [6.45, 7) is 1.95. The average molecular weight is 339 g/mol. The van der Waals surface area contributed by atoms with Crippen molar-refractivity contribution in [3.8, 4) is 11.3 Å². The molecule has 0 radical (unpaired) electrons. The Bertz CT molecular complexity index is 935. The third kappa shape index (κ3) is 2.28. The summed E-state index contributed by atoms with van der Waals surface area (Å²) in [5, 5.41) is 10.7. The number of thiophene rings is 1. The number of fused-ring (bicyclic) bond motifs is 5. The molecule has 24 heavy (non-hydrogen) atoms. The van der Waals surface area contributed by atoms with Crippen LogP contribution in [0.4, 0.5) is 0 Å². The van der Waals surface area contributed by atoms with Crippen LogP contribution in [0.1, 0.15) is 28.7 Å². The molecule has 0 fully saturated rings. The number of rotatable bonds is 4. The van der Waals surface area contributed by atoms with Crippen LogP contribution >= 0.6 is 11.3 Å². The normalized spacial score (nSPS) is 14.4. The van der Waals surface area contributed by atoms with Gasteiger partial charge in [0.25, 0.3) is 0 Å². The first kappa shape index (κ1) is 15.5. The molecule has 1 aliphatic carbocycles. The molecule has 1 aromatic carbocycles. The first-order valence-corrected chi connectivity index (χ1v) is 9.32. The van der Waals surface area contributed by atoms with Crippen molar-refractivity contribution in [1.82, 2.24) is 4.57 Å². The van der Waals surface area contributed by atoms with Gasteiger partial charge in [-0.1, -0.05) is 25.1 Å². The molecule has 2 heterocycles. The van der Waals surface area contributed by atoms with Crippen LogP contribution in [0.2, 0.25) is 0 Å². The van der Waals surface area contributed by atoms with Gasteiger partial charge in [-0.2, -0.15) is 0 Å². The number of hydrogen-bond donors (Lipinski definition) is 1. The lowest BCUT2D eigenvalue weighted by Crippen LogP contribution is -2.14. The monoisotopic (exact) mass is 339 g/mol. The van der Waals surface area contributed by atoms with E-state index in [1.165, 1.54) is 37.5 Å². The summed E-state index contributed by atoms with van der Waals surface area (Å²) in [5.74, 6) is -0.966. The van der Waals surface area contributed by atoms with Gasteiger partial charge >= 0.3 is 5.97 Å². The standard InChI is InChI=1S/C20H21NO2S/c1-3-12(20(22)23)10-13-11-16-18(24-13)9-8-15-14-6-4-5-7-17(14)21(2)19(15)16/h4-7,11-12H,3,8-10H2,1-2H3,(H,22,23). The lowest BCUT2D eigenvalue weighted by Gasteiger charge is -2.14. The molecular formula is C20H21NO2S. The van der Waals surface area contributed by atoms with E-state index in [-0.39, 0.29) is 5.92 Å². The van der Waals surface area contributed by atoms with E-state index >= 15 is 0 Å². The van der Waals surface area contributed by atoms with Crippen LogP contribution in [0.5, 0.6) is 0 Å². The molecule has 0 amide bonds. The highest BCUT2D eigenvalue weighted by molar-refractivity contribution is 7.12. The van der Waals surface area contributed by atoms with Crippen LogP contribution in [0, 0.1) is 5.92 Å². The largest absolute Gasteiger partial charge is 0.481 e. The third-order valence-corrected chi connectivity index (χ3v) is 6.44. The highest BCUT2D eigenvalue weighted by Crippen LogP contribution is 2.43. The number of carboxylic acids is 1. The van der Waals surface area contributed by atoms with Crippen molar-refractivity contribution < 1.29 is 9.90 Å². The molecule has 4 rings (SSSR count). The number of aryl methyl sites for hydroxylation is 3. The molecule has 3 nitrogen and oxygen atoms in total. The number of carboxylic acid groups (broad SMARTS) is 1. The maximum absolute atomic E-state index is 11.3. The summed E-state index contributed by atoms with van der Waals surface area (Å²) >= 11 is 1.80. The van der Waals surface area contributed by atoms with Crippen LogP contribution in [0.25, 0.3) is 22.2 Å². The predicted octanol–water partition coefficient (Wildman–Crippen LogP) is 4.66. The highest BCUT2D eigenvalue weighted by atomic mass is 32.1. The van der Waals surface area contributed by atoms with Crippen molar-refractivity contribution in [3.63, 3.8) is 0 Å². The molecule has 4 heteroatoms. The smallest absolute Gasteiger partial charge is 0.306 e. The Morgan fingerprint density at radius 2 is 2.12 bits per heavy atom. The second-order valence-corrected chi connectivity index (χ2v) is 7.82. The number of carbonyl (C=O) groups is 1. The van der Waals surface area contributed by atoms with Crippen LogP contribution in [-0.4, -0.2) is 15.6 Å². The molecule has 1 N–H and O–H groups in total. The minimum Gasteiger partial charge on any atom is -0.481 e. The fraction of sp³-hybridized carbons (Fsp3) is 0.350. The summed E-state index contributed by atoms with van der Waals surface area (Å²) in [5.41, 5.74) is 5.36. The number of aliphatic carboxylic acids is 1. The maximum Gasteiger partial charge on any atom is 0.306 e. The summed E-state index contributed by atoms with van der Waals surface area (Å²) in [4.78, 5) is 14.0. The Hall–Kier alpha value is -2.07. The second-order valence-electron chi connectivity index (χ2n) is 6.60. The fourth-order valence-electron chi connectivity index (χ4n) is 3.93. The van der Waals surface area contributed by atoms with Gasteiger partial charge in [0.1, 0.15) is 0 Å². The van der Waals surface area contributed by atoms with E-state index in [0.29, 0.717) is 12.8 Å². The first-order chi connectivity index (χ1) is 11.6. The van der Waals surface area contributed by atoms with Crippen molar-refractivity contribution in [2.45, 2.75) is 32.6 Å². The van der Waals surface area contributed by atoms with Gasteiger partial charge < -0.3 is 9.67 Å². The molecule has 1 unspecified atom stereocenters. The number of nitrogens with zero attached hydrogens (tertiary/aromatic N) is 1. The Morgan fingerprint density at radius 3 is 2.88 bits per heavy atom. The van der Waals surface area contributed by atoms with Crippen molar-refractivity contribution >= 4 is 28.2 Å². The van der Waals surface area contributed by atoms with Gasteiger partial charge in [0, 0.05) is 33.3 Å². The van der Waals surface area contributed by atoms with E-state index in [4.69, 9.17) is 0 Å². The Morgan fingerprint density at radius 1 is 1.33 bits per heavy atom. The van der Waals surface area contributed by atoms with E-state index in [2.05, 4.69) is 41.9 Å². The topological polar surface area (TPSA) is 42.2 Å². The summed E-state index contributed by atoms with van der Waals surface area (Å²) in [6.07, 6.45) is 3.45. The summed E-state index contributed by atoms with van der Waals surface area (Å²) in [7, 11) is 2.14. The van der Waals surface area contributed by atoms with Gasteiger partial charge in [-0.15, -0.1) is 11.3 Å². The van der Waals surface area contributed by atoms with E-state index < -0.39 is 5.97 Å². The molecule has 0 bridgehead atoms. The van der Waals surface area contributed by atoms with Gasteiger partial charge in [0.2, 0.25) is 0 Å². The van der Waals surface area contributed by atoms with Gasteiger partial charge in [0.05, 0.1) is 11.6 Å². The second kappa shape index (κ2) is 5.78. The van der Waals surface area contributed by atoms with Crippen LogP contribution < -0.4 is 0 Å². The molecule has 3 aromatic rings. The van der Waals surface area contributed by atoms with Crippen molar-refractivity contribution in [1.29, 1.82) is 0 Å². The summed E-state index contributed by atoms with van der Waals surface area (Å²) < 4.78 is 2.30. The van der Waals surface area contributed by atoms with E-state index in [1.807, 2.05) is 6.92 Å². The van der Waals surface area contributed by atoms with Gasteiger partial charge in [-0.3, -0.25) is 4.79 Å². The number of aromatic nitrogens is 1. The summed E-state index contributed by atoms with van der Waals surface area (Å²) in [6, 6.07) is 10.8. The zero-order chi connectivity index (χ0) is 16.8. The van der Waals surface area contributed by atoms with Gasteiger partial charge in [0.15, 0.2) is 0 Å². The molecule has 1 aliphatic rings. The Kier molecular flexibility index (Phi) is 3.72. The molecular weight excluding hydrogens is 318 g/mol. The number of benzene rings is 1. The zero-order valence-electron chi connectivity index (χ0n) is 14.0. The molecule has 0 spiro atoms. The molecule has 2 aromatic heterocycles. The Balaban J connectivity index is 1.81. The zero-order valence-corrected chi connectivity index (χ0v) is 14.8. The third-order valence-electron chi connectivity index (χ3n) is 5.22. The SMILES string of the molecule is CCC(Cc1cc2c(s1)CCc1c-2n(C)c2ccccc12)C(=O)O. The molecule has 0 aliphatic heterocycles. The quantitative estimate of drug-likeness (QED) is 0.751. The number of para-hydroxylation sites is 1. The lowest BCUT2D eigenvalue weighted by molar-refractivity contribution is -0.141. The average Bonchev–Trinajstić information content (AvgIpc) is 3.12.